The summed E-state index contributed by atoms with van der Waals surface area (Å²) in [5.74, 6) is -0.745. The first-order valence-electron chi connectivity index (χ1n) is 10.8. The molecule has 0 spiro atoms. The van der Waals surface area contributed by atoms with Crippen molar-refractivity contribution in [1.82, 2.24) is 4.98 Å². The molecule has 1 fully saturated rings. The number of hydrogen-bond acceptors (Lipinski definition) is 5. The minimum atomic E-state index is -0.630. The number of rotatable bonds is 5. The van der Waals surface area contributed by atoms with Gasteiger partial charge in [0.2, 0.25) is 0 Å². The molecule has 0 radical (unpaired) electrons. The molecule has 160 valence electrons. The zero-order valence-corrected chi connectivity index (χ0v) is 18.4. The molecule has 1 aliphatic carbocycles. The second-order valence-electron chi connectivity index (χ2n) is 8.74. The Kier molecular flexibility index (Phi) is 6.91. The fourth-order valence-corrected chi connectivity index (χ4v) is 3.93. The Labute approximate surface area is 178 Å². The second-order valence-corrected chi connectivity index (χ2v) is 8.74. The van der Waals surface area contributed by atoms with Crippen molar-refractivity contribution >= 4 is 11.9 Å². The summed E-state index contributed by atoms with van der Waals surface area (Å²) >= 11 is 0. The first-order valence-corrected chi connectivity index (χ1v) is 10.8. The number of ether oxygens (including phenoxy) is 2. The maximum absolute atomic E-state index is 13.3. The van der Waals surface area contributed by atoms with Gasteiger partial charge in [-0.15, -0.1) is 0 Å². The summed E-state index contributed by atoms with van der Waals surface area (Å²) in [7, 11) is 0. The fraction of sp³-hybridized carbons (Fsp3) is 0.480. The maximum atomic E-state index is 13.3. The van der Waals surface area contributed by atoms with Crippen LogP contribution in [0.1, 0.15) is 92.3 Å². The van der Waals surface area contributed by atoms with Gasteiger partial charge in [-0.05, 0) is 52.2 Å². The third-order valence-corrected chi connectivity index (χ3v) is 5.21. The van der Waals surface area contributed by atoms with Crippen LogP contribution in [0.25, 0.3) is 11.1 Å². The average molecular weight is 410 g/mol. The van der Waals surface area contributed by atoms with Crippen LogP contribution in [0.3, 0.4) is 0 Å². The van der Waals surface area contributed by atoms with Crippen molar-refractivity contribution in [2.24, 2.45) is 0 Å². The van der Waals surface area contributed by atoms with Crippen molar-refractivity contribution in [3.8, 4) is 11.1 Å². The number of hydrogen-bond donors (Lipinski definition) is 0. The van der Waals surface area contributed by atoms with Crippen LogP contribution in [0.15, 0.2) is 36.4 Å². The van der Waals surface area contributed by atoms with Gasteiger partial charge in [0, 0.05) is 11.5 Å². The van der Waals surface area contributed by atoms with E-state index < -0.39 is 17.5 Å². The summed E-state index contributed by atoms with van der Waals surface area (Å²) in [5, 5.41) is 0. The van der Waals surface area contributed by atoms with Crippen molar-refractivity contribution < 1.29 is 19.1 Å². The number of carbonyl (C=O) groups is 2. The van der Waals surface area contributed by atoms with Crippen LogP contribution in [0.4, 0.5) is 0 Å². The Bertz CT molecular complexity index is 893. The van der Waals surface area contributed by atoms with Crippen LogP contribution < -0.4 is 0 Å². The van der Waals surface area contributed by atoms with E-state index in [0.29, 0.717) is 16.8 Å². The molecular formula is C25H31NO4. The van der Waals surface area contributed by atoms with Crippen molar-refractivity contribution in [3.63, 3.8) is 0 Å². The van der Waals surface area contributed by atoms with E-state index >= 15 is 0 Å². The van der Waals surface area contributed by atoms with Gasteiger partial charge in [-0.2, -0.15) is 0 Å². The van der Waals surface area contributed by atoms with E-state index in [9.17, 15) is 9.59 Å². The van der Waals surface area contributed by atoms with Crippen molar-refractivity contribution in [2.75, 3.05) is 6.61 Å². The quantitative estimate of drug-likeness (QED) is 0.573. The Morgan fingerprint density at radius 1 is 1.03 bits per heavy atom. The molecule has 5 nitrogen and oxygen atoms in total. The summed E-state index contributed by atoms with van der Waals surface area (Å²) in [5.41, 5.74) is 2.26. The summed E-state index contributed by atoms with van der Waals surface area (Å²) in [6.07, 6.45) is 5.25. The standard InChI is InChI=1S/C25H31NO4/c1-5-29-23(27)20-16-19(17-12-8-6-9-13-17)21(24(28)30-25(2,3)4)22(26-20)18-14-10-7-11-15-18/h6,8-9,12-13,16,18H,5,7,10-11,14-15H2,1-4H3. The molecule has 1 aromatic heterocycles. The smallest absolute Gasteiger partial charge is 0.356 e. The lowest BCUT2D eigenvalue weighted by Gasteiger charge is -2.27. The molecule has 0 amide bonds. The summed E-state index contributed by atoms with van der Waals surface area (Å²) in [6.45, 7) is 7.61. The Morgan fingerprint density at radius 3 is 2.30 bits per heavy atom. The van der Waals surface area contributed by atoms with Gasteiger partial charge >= 0.3 is 11.9 Å². The average Bonchev–Trinajstić information content (AvgIpc) is 2.73. The Morgan fingerprint density at radius 2 is 1.70 bits per heavy atom. The molecule has 1 heterocycles. The molecule has 0 aliphatic heterocycles. The molecule has 0 saturated heterocycles. The summed E-state index contributed by atoms with van der Waals surface area (Å²) in [6, 6.07) is 11.3. The van der Waals surface area contributed by atoms with E-state index in [-0.39, 0.29) is 18.2 Å². The fourth-order valence-electron chi connectivity index (χ4n) is 3.93. The van der Waals surface area contributed by atoms with Crippen LogP contribution in [0.5, 0.6) is 0 Å². The molecule has 2 aromatic rings. The molecule has 3 rings (SSSR count). The highest BCUT2D eigenvalue weighted by atomic mass is 16.6. The van der Waals surface area contributed by atoms with Gasteiger partial charge < -0.3 is 9.47 Å². The Balaban J connectivity index is 2.23. The normalized spacial score (nSPS) is 14.9. The monoisotopic (exact) mass is 409 g/mol. The molecule has 1 aliphatic rings. The maximum Gasteiger partial charge on any atom is 0.356 e. The third kappa shape index (κ3) is 5.26. The number of pyridine rings is 1. The number of esters is 2. The van der Waals surface area contributed by atoms with Crippen molar-refractivity contribution in [1.29, 1.82) is 0 Å². The zero-order valence-electron chi connectivity index (χ0n) is 18.4. The van der Waals surface area contributed by atoms with Gasteiger partial charge in [0.15, 0.2) is 0 Å². The van der Waals surface area contributed by atoms with Gasteiger partial charge in [0.1, 0.15) is 11.3 Å². The number of carbonyl (C=O) groups excluding carboxylic acids is 2. The molecule has 1 saturated carbocycles. The van der Waals surface area contributed by atoms with Gasteiger partial charge in [-0.1, -0.05) is 49.6 Å². The van der Waals surface area contributed by atoms with Gasteiger partial charge in [0.25, 0.3) is 0 Å². The van der Waals surface area contributed by atoms with E-state index in [0.717, 1.165) is 31.2 Å². The first kappa shape index (κ1) is 22.0. The highest BCUT2D eigenvalue weighted by molar-refractivity contribution is 6.01. The van der Waals surface area contributed by atoms with Crippen molar-refractivity contribution in [2.45, 2.75) is 71.3 Å². The minimum absolute atomic E-state index is 0.123. The lowest BCUT2D eigenvalue weighted by molar-refractivity contribution is 0.00671. The van der Waals surface area contributed by atoms with E-state index in [1.807, 2.05) is 51.1 Å². The molecule has 0 unspecified atom stereocenters. The molecule has 0 atom stereocenters. The number of aromatic nitrogens is 1. The predicted octanol–water partition coefficient (Wildman–Crippen LogP) is 5.93. The molecular weight excluding hydrogens is 378 g/mol. The lowest BCUT2D eigenvalue weighted by Crippen LogP contribution is -2.26. The highest BCUT2D eigenvalue weighted by Gasteiger charge is 2.31. The van der Waals surface area contributed by atoms with Crippen LogP contribution in [0, 0.1) is 0 Å². The zero-order chi connectivity index (χ0) is 21.7. The van der Waals surface area contributed by atoms with E-state index in [4.69, 9.17) is 9.47 Å². The van der Waals surface area contributed by atoms with Gasteiger partial charge in [-0.25, -0.2) is 14.6 Å². The van der Waals surface area contributed by atoms with E-state index in [1.54, 1.807) is 13.0 Å². The molecule has 0 N–H and O–H groups in total. The number of nitrogens with zero attached hydrogens (tertiary/aromatic N) is 1. The largest absolute Gasteiger partial charge is 0.461 e. The lowest BCUT2D eigenvalue weighted by atomic mass is 9.83. The summed E-state index contributed by atoms with van der Waals surface area (Å²) < 4.78 is 11.0. The van der Waals surface area contributed by atoms with Crippen molar-refractivity contribution in [3.05, 3.63) is 53.3 Å². The molecule has 5 heteroatoms. The van der Waals surface area contributed by atoms with E-state index in [2.05, 4.69) is 4.98 Å². The predicted molar refractivity (Wildman–Crippen MR) is 117 cm³/mol. The molecule has 1 aromatic carbocycles. The topological polar surface area (TPSA) is 65.5 Å². The first-order chi connectivity index (χ1) is 14.3. The molecule has 0 bridgehead atoms. The Hall–Kier alpha value is -2.69. The second kappa shape index (κ2) is 9.41. The molecule has 30 heavy (non-hydrogen) atoms. The SMILES string of the molecule is CCOC(=O)c1cc(-c2ccccc2)c(C(=O)OC(C)(C)C)c(C2CCCCC2)n1. The van der Waals surface area contributed by atoms with E-state index in [1.165, 1.54) is 6.42 Å². The summed E-state index contributed by atoms with van der Waals surface area (Å²) in [4.78, 5) is 30.6. The van der Waals surface area contributed by atoms with Gasteiger partial charge in [-0.3, -0.25) is 0 Å². The van der Waals surface area contributed by atoms with Crippen LogP contribution in [-0.2, 0) is 9.47 Å². The highest BCUT2D eigenvalue weighted by Crippen LogP contribution is 2.38. The minimum Gasteiger partial charge on any atom is -0.461 e. The number of benzene rings is 1. The van der Waals surface area contributed by atoms with Crippen LogP contribution in [0.2, 0.25) is 0 Å². The van der Waals surface area contributed by atoms with Crippen LogP contribution in [-0.4, -0.2) is 29.1 Å². The van der Waals surface area contributed by atoms with Crippen LogP contribution >= 0.6 is 0 Å². The van der Waals surface area contributed by atoms with Gasteiger partial charge in [0.05, 0.1) is 17.9 Å². The third-order valence-electron chi connectivity index (χ3n) is 5.21.